The minimum Gasteiger partial charge on any atom is -0.291 e. The van der Waals surface area contributed by atoms with E-state index in [0.717, 1.165) is 17.8 Å². The standard InChI is InChI=1S/C16H10BrF2N3O/c17-10-8-12(18)14(13(19)9-10)15(23)21-16-20-6-7-22(16)11-4-2-1-3-5-11/h1-9H,(H,20,21,23). The van der Waals surface area contributed by atoms with E-state index in [9.17, 15) is 13.6 Å². The summed E-state index contributed by atoms with van der Waals surface area (Å²) in [6, 6.07) is 11.2. The van der Waals surface area contributed by atoms with Crippen molar-refractivity contribution in [1.29, 1.82) is 0 Å². The van der Waals surface area contributed by atoms with Crippen LogP contribution < -0.4 is 5.32 Å². The number of benzene rings is 2. The molecular weight excluding hydrogens is 368 g/mol. The fourth-order valence-electron chi connectivity index (χ4n) is 2.12. The summed E-state index contributed by atoms with van der Waals surface area (Å²) in [5.74, 6) is -2.64. The molecular formula is C16H10BrF2N3O. The molecule has 2 aromatic carbocycles. The van der Waals surface area contributed by atoms with Gasteiger partial charge in [0, 0.05) is 22.6 Å². The highest BCUT2D eigenvalue weighted by molar-refractivity contribution is 9.10. The number of amides is 1. The highest BCUT2D eigenvalue weighted by Gasteiger charge is 2.20. The largest absolute Gasteiger partial charge is 0.291 e. The van der Waals surface area contributed by atoms with Gasteiger partial charge in [0.15, 0.2) is 0 Å². The molecule has 0 saturated heterocycles. The fraction of sp³-hybridized carbons (Fsp3) is 0. The number of aromatic nitrogens is 2. The van der Waals surface area contributed by atoms with Crippen LogP contribution in [0.2, 0.25) is 0 Å². The van der Waals surface area contributed by atoms with E-state index in [0.29, 0.717) is 0 Å². The maximum Gasteiger partial charge on any atom is 0.263 e. The second-order valence-electron chi connectivity index (χ2n) is 4.65. The molecule has 0 saturated carbocycles. The second kappa shape index (κ2) is 6.29. The number of para-hydroxylation sites is 1. The monoisotopic (exact) mass is 377 g/mol. The van der Waals surface area contributed by atoms with Crippen LogP contribution in [0, 0.1) is 11.6 Å². The van der Waals surface area contributed by atoms with Gasteiger partial charge in [0.25, 0.3) is 5.91 Å². The lowest BCUT2D eigenvalue weighted by Gasteiger charge is -2.10. The molecule has 1 heterocycles. The van der Waals surface area contributed by atoms with Gasteiger partial charge in [-0.15, -0.1) is 0 Å². The van der Waals surface area contributed by atoms with Crippen LogP contribution in [0.3, 0.4) is 0 Å². The Labute approximate surface area is 138 Å². The molecule has 0 spiro atoms. The first-order chi connectivity index (χ1) is 11.1. The van der Waals surface area contributed by atoms with Crippen LogP contribution >= 0.6 is 15.9 Å². The summed E-state index contributed by atoms with van der Waals surface area (Å²) < 4.78 is 29.5. The van der Waals surface area contributed by atoms with Crippen LogP contribution in [0.4, 0.5) is 14.7 Å². The van der Waals surface area contributed by atoms with Crippen LogP contribution in [0.15, 0.2) is 59.3 Å². The van der Waals surface area contributed by atoms with E-state index in [1.165, 1.54) is 6.20 Å². The summed E-state index contributed by atoms with van der Waals surface area (Å²) in [5.41, 5.74) is 0.105. The van der Waals surface area contributed by atoms with E-state index in [-0.39, 0.29) is 10.4 Å². The molecule has 3 rings (SSSR count). The van der Waals surface area contributed by atoms with Gasteiger partial charge < -0.3 is 0 Å². The van der Waals surface area contributed by atoms with E-state index in [1.807, 2.05) is 30.3 Å². The zero-order valence-electron chi connectivity index (χ0n) is 11.6. The van der Waals surface area contributed by atoms with Gasteiger partial charge in [0.1, 0.15) is 17.2 Å². The molecule has 0 fully saturated rings. The van der Waals surface area contributed by atoms with Crippen molar-refractivity contribution in [2.24, 2.45) is 0 Å². The molecule has 0 atom stereocenters. The van der Waals surface area contributed by atoms with Gasteiger partial charge in [-0.1, -0.05) is 34.1 Å². The van der Waals surface area contributed by atoms with Crippen LogP contribution in [-0.4, -0.2) is 15.5 Å². The van der Waals surface area contributed by atoms with E-state index in [4.69, 9.17) is 0 Å². The SMILES string of the molecule is O=C(Nc1nccn1-c1ccccc1)c1c(F)cc(Br)cc1F. The number of hydrogen-bond donors (Lipinski definition) is 1. The minimum atomic E-state index is -0.952. The van der Waals surface area contributed by atoms with Gasteiger partial charge >= 0.3 is 0 Å². The number of nitrogens with zero attached hydrogens (tertiary/aromatic N) is 2. The molecule has 7 heteroatoms. The molecule has 4 nitrogen and oxygen atoms in total. The Bertz CT molecular complexity index is 842. The van der Waals surface area contributed by atoms with Gasteiger partial charge in [0.05, 0.1) is 0 Å². The number of imidazole rings is 1. The third-order valence-electron chi connectivity index (χ3n) is 3.13. The average molecular weight is 378 g/mol. The summed E-state index contributed by atoms with van der Waals surface area (Å²) in [5, 5.41) is 2.42. The molecule has 1 aromatic heterocycles. The van der Waals surface area contributed by atoms with Gasteiger partial charge in [-0.05, 0) is 24.3 Å². The van der Waals surface area contributed by atoms with Crippen molar-refractivity contribution in [1.82, 2.24) is 9.55 Å². The molecule has 23 heavy (non-hydrogen) atoms. The van der Waals surface area contributed by atoms with Crippen LogP contribution in [-0.2, 0) is 0 Å². The molecule has 0 aliphatic carbocycles. The third-order valence-corrected chi connectivity index (χ3v) is 3.59. The number of rotatable bonds is 3. The Balaban J connectivity index is 1.92. The van der Waals surface area contributed by atoms with Crippen molar-refractivity contribution in [3.8, 4) is 5.69 Å². The molecule has 116 valence electrons. The zero-order valence-corrected chi connectivity index (χ0v) is 13.2. The Hall–Kier alpha value is -2.54. The summed E-state index contributed by atoms with van der Waals surface area (Å²) in [7, 11) is 0. The van der Waals surface area contributed by atoms with Crippen molar-refractivity contribution < 1.29 is 13.6 Å². The van der Waals surface area contributed by atoms with Gasteiger partial charge in [-0.2, -0.15) is 0 Å². The van der Waals surface area contributed by atoms with Crippen LogP contribution in [0.25, 0.3) is 5.69 Å². The van der Waals surface area contributed by atoms with Crippen LogP contribution in [0.5, 0.6) is 0 Å². The first-order valence-corrected chi connectivity index (χ1v) is 7.40. The number of hydrogen-bond acceptors (Lipinski definition) is 2. The van der Waals surface area contributed by atoms with Gasteiger partial charge in [0.2, 0.25) is 5.95 Å². The first-order valence-electron chi connectivity index (χ1n) is 6.61. The molecule has 0 aliphatic rings. The molecule has 0 bridgehead atoms. The normalized spacial score (nSPS) is 10.6. The molecule has 0 unspecified atom stereocenters. The number of carbonyl (C=O) groups is 1. The molecule has 0 aliphatic heterocycles. The van der Waals surface area contributed by atoms with Crippen molar-refractivity contribution in [3.05, 3.63) is 76.5 Å². The van der Waals surface area contributed by atoms with Crippen molar-refractivity contribution in [2.75, 3.05) is 5.32 Å². The second-order valence-corrected chi connectivity index (χ2v) is 5.57. The average Bonchev–Trinajstić information content (AvgIpc) is 2.95. The Kier molecular flexibility index (Phi) is 4.20. The first kappa shape index (κ1) is 15.4. The Morgan fingerprint density at radius 1 is 1.13 bits per heavy atom. The summed E-state index contributed by atoms with van der Waals surface area (Å²) in [6.07, 6.45) is 3.12. The van der Waals surface area contributed by atoms with Gasteiger partial charge in [-0.3, -0.25) is 14.7 Å². The van der Waals surface area contributed by atoms with Crippen molar-refractivity contribution >= 4 is 27.8 Å². The number of nitrogens with one attached hydrogen (secondary N) is 1. The molecule has 0 radical (unpaired) electrons. The summed E-state index contributed by atoms with van der Waals surface area (Å²) in [4.78, 5) is 16.2. The topological polar surface area (TPSA) is 46.9 Å². The zero-order chi connectivity index (χ0) is 16.4. The summed E-state index contributed by atoms with van der Waals surface area (Å²) >= 11 is 2.97. The fourth-order valence-corrected chi connectivity index (χ4v) is 2.52. The lowest BCUT2D eigenvalue weighted by molar-refractivity contribution is 0.101. The van der Waals surface area contributed by atoms with E-state index < -0.39 is 23.1 Å². The van der Waals surface area contributed by atoms with Crippen molar-refractivity contribution in [2.45, 2.75) is 0 Å². The smallest absolute Gasteiger partial charge is 0.263 e. The maximum absolute atomic E-state index is 13.9. The number of carbonyl (C=O) groups excluding carboxylic acids is 1. The van der Waals surface area contributed by atoms with E-state index in [1.54, 1.807) is 10.8 Å². The van der Waals surface area contributed by atoms with Gasteiger partial charge in [-0.25, -0.2) is 13.8 Å². The molecule has 1 amide bonds. The van der Waals surface area contributed by atoms with E-state index in [2.05, 4.69) is 26.2 Å². The molecule has 3 aromatic rings. The Morgan fingerprint density at radius 2 is 1.78 bits per heavy atom. The highest BCUT2D eigenvalue weighted by Crippen LogP contribution is 2.21. The maximum atomic E-state index is 13.9. The quantitative estimate of drug-likeness (QED) is 0.744. The highest BCUT2D eigenvalue weighted by atomic mass is 79.9. The lowest BCUT2D eigenvalue weighted by atomic mass is 10.2. The molecule has 1 N–H and O–H groups in total. The van der Waals surface area contributed by atoms with E-state index >= 15 is 0 Å². The minimum absolute atomic E-state index is 0.169. The lowest BCUT2D eigenvalue weighted by Crippen LogP contribution is -2.18. The predicted octanol–water partition coefficient (Wildman–Crippen LogP) is 4.17. The third kappa shape index (κ3) is 3.14. The summed E-state index contributed by atoms with van der Waals surface area (Å²) in [6.45, 7) is 0. The van der Waals surface area contributed by atoms with Crippen molar-refractivity contribution in [3.63, 3.8) is 0 Å². The number of anilines is 1. The number of halogens is 3. The van der Waals surface area contributed by atoms with Crippen LogP contribution in [0.1, 0.15) is 10.4 Å². The Morgan fingerprint density at radius 3 is 2.43 bits per heavy atom. The predicted molar refractivity (Wildman–Crippen MR) is 85.6 cm³/mol.